The molecule has 0 saturated carbocycles. The first-order chi connectivity index (χ1) is 12.5. The minimum Gasteiger partial charge on any atom is -0.364 e. The molecule has 1 aromatic carbocycles. The first-order valence-electron chi connectivity index (χ1n) is 7.64. The average molecular weight is 451 g/mol. The van der Waals surface area contributed by atoms with Crippen LogP contribution in [0, 0.1) is 0 Å². The molecular formula is C17H15BrN4O2S2. The van der Waals surface area contributed by atoms with E-state index in [0.717, 1.165) is 14.9 Å². The van der Waals surface area contributed by atoms with Crippen molar-refractivity contribution >= 4 is 56.0 Å². The molecule has 0 unspecified atom stereocenters. The van der Waals surface area contributed by atoms with Gasteiger partial charge in [-0.1, -0.05) is 12.1 Å². The number of H-pyrrole nitrogens is 1. The van der Waals surface area contributed by atoms with E-state index in [-0.39, 0.29) is 5.91 Å². The molecule has 0 atom stereocenters. The molecule has 9 heteroatoms. The van der Waals surface area contributed by atoms with Crippen LogP contribution >= 0.6 is 39.0 Å². The third-order valence-corrected chi connectivity index (χ3v) is 6.21. The second kappa shape index (κ2) is 8.52. The summed E-state index contributed by atoms with van der Waals surface area (Å²) in [4.78, 5) is 31.5. The molecule has 0 spiro atoms. The van der Waals surface area contributed by atoms with Gasteiger partial charge in [0.05, 0.1) is 5.69 Å². The summed E-state index contributed by atoms with van der Waals surface area (Å²) >= 11 is 6.45. The number of nitrogens with two attached hydrogens (primary N) is 1. The Hall–Kier alpha value is -2.10. The zero-order chi connectivity index (χ0) is 18.5. The van der Waals surface area contributed by atoms with Gasteiger partial charge in [0.1, 0.15) is 5.69 Å². The predicted molar refractivity (Wildman–Crippen MR) is 109 cm³/mol. The van der Waals surface area contributed by atoms with E-state index in [4.69, 9.17) is 5.73 Å². The lowest BCUT2D eigenvalue weighted by atomic mass is 10.2. The van der Waals surface area contributed by atoms with Crippen LogP contribution in [0.25, 0.3) is 11.3 Å². The monoisotopic (exact) mass is 450 g/mol. The number of hydrogen-bond donors (Lipinski definition) is 3. The number of halogens is 1. The van der Waals surface area contributed by atoms with E-state index < -0.39 is 5.91 Å². The Bertz CT molecular complexity index is 938. The number of carbonyl (C=O) groups excluding carboxylic acids is 2. The highest BCUT2D eigenvalue weighted by atomic mass is 79.9. The highest BCUT2D eigenvalue weighted by Crippen LogP contribution is 2.28. The highest BCUT2D eigenvalue weighted by Gasteiger charge is 2.11. The second-order valence-corrected chi connectivity index (χ2v) is 8.13. The summed E-state index contributed by atoms with van der Waals surface area (Å²) in [5.41, 5.74) is 6.97. The van der Waals surface area contributed by atoms with E-state index in [1.165, 1.54) is 11.3 Å². The largest absolute Gasteiger partial charge is 0.364 e. The Labute approximate surface area is 166 Å². The van der Waals surface area contributed by atoms with Crippen molar-refractivity contribution in [3.63, 3.8) is 0 Å². The number of thioether (sulfide) groups is 1. The molecular weight excluding hydrogens is 436 g/mol. The molecule has 2 heterocycles. The number of amides is 2. The van der Waals surface area contributed by atoms with Gasteiger partial charge in [0, 0.05) is 38.7 Å². The van der Waals surface area contributed by atoms with Crippen LogP contribution in [0.1, 0.15) is 16.9 Å². The van der Waals surface area contributed by atoms with Crippen LogP contribution < -0.4 is 11.1 Å². The molecule has 0 aliphatic carbocycles. The molecule has 6 nitrogen and oxygen atoms in total. The second-order valence-electron chi connectivity index (χ2n) is 5.28. The molecule has 3 aromatic rings. The molecule has 4 N–H and O–H groups in total. The molecule has 0 bridgehead atoms. The number of benzene rings is 1. The van der Waals surface area contributed by atoms with E-state index in [9.17, 15) is 9.59 Å². The van der Waals surface area contributed by atoms with Gasteiger partial charge in [-0.3, -0.25) is 9.59 Å². The van der Waals surface area contributed by atoms with Crippen molar-refractivity contribution in [2.75, 3.05) is 11.1 Å². The van der Waals surface area contributed by atoms with Crippen LogP contribution in [0.15, 0.2) is 51.3 Å². The van der Waals surface area contributed by atoms with Gasteiger partial charge in [-0.15, -0.1) is 23.1 Å². The van der Waals surface area contributed by atoms with Crippen molar-refractivity contribution in [2.24, 2.45) is 5.73 Å². The smallest absolute Gasteiger partial charge is 0.265 e. The van der Waals surface area contributed by atoms with E-state index in [1.54, 1.807) is 24.0 Å². The zero-order valence-electron chi connectivity index (χ0n) is 13.5. The number of aromatic nitrogens is 2. The minimum atomic E-state index is -0.525. The number of carbonyl (C=O) groups is 2. The van der Waals surface area contributed by atoms with Crippen LogP contribution in [0.4, 0.5) is 5.13 Å². The van der Waals surface area contributed by atoms with Gasteiger partial charge >= 0.3 is 0 Å². The predicted octanol–water partition coefficient (Wildman–Crippen LogP) is 4.12. The maximum atomic E-state index is 12.1. The summed E-state index contributed by atoms with van der Waals surface area (Å²) in [6.07, 6.45) is 2.05. The molecule has 0 aliphatic heterocycles. The summed E-state index contributed by atoms with van der Waals surface area (Å²) in [6.45, 7) is 0. The Morgan fingerprint density at radius 2 is 2.15 bits per heavy atom. The third-order valence-electron chi connectivity index (χ3n) is 3.42. The number of nitrogens with one attached hydrogen (secondary N) is 2. The van der Waals surface area contributed by atoms with Gasteiger partial charge in [0.25, 0.3) is 5.91 Å². The normalized spacial score (nSPS) is 10.7. The van der Waals surface area contributed by atoms with Gasteiger partial charge < -0.3 is 16.0 Å². The van der Waals surface area contributed by atoms with Crippen LogP contribution in [0.5, 0.6) is 0 Å². The maximum Gasteiger partial charge on any atom is 0.265 e. The number of anilines is 1. The summed E-state index contributed by atoms with van der Waals surface area (Å²) in [6, 6.07) is 9.55. The fourth-order valence-electron chi connectivity index (χ4n) is 2.15. The fraction of sp³-hybridized carbons (Fsp3) is 0.118. The van der Waals surface area contributed by atoms with Crippen molar-refractivity contribution < 1.29 is 9.59 Å². The van der Waals surface area contributed by atoms with Crippen LogP contribution in [0.3, 0.4) is 0 Å². The van der Waals surface area contributed by atoms with Gasteiger partial charge in [0.15, 0.2) is 5.13 Å². The first-order valence-corrected chi connectivity index (χ1v) is 10.3. The van der Waals surface area contributed by atoms with Crippen LogP contribution in [-0.4, -0.2) is 27.5 Å². The van der Waals surface area contributed by atoms with Crippen molar-refractivity contribution in [1.82, 2.24) is 9.97 Å². The minimum absolute atomic E-state index is 0.0858. The molecule has 3 rings (SSSR count). The van der Waals surface area contributed by atoms with E-state index in [2.05, 4.69) is 31.2 Å². The van der Waals surface area contributed by atoms with E-state index in [0.29, 0.717) is 28.7 Å². The summed E-state index contributed by atoms with van der Waals surface area (Å²) in [5, 5.41) is 5.15. The number of thiazole rings is 1. The average Bonchev–Trinajstić information content (AvgIpc) is 3.25. The Balaban J connectivity index is 1.52. The lowest BCUT2D eigenvalue weighted by Crippen LogP contribution is -2.11. The number of rotatable bonds is 7. The molecule has 134 valence electrons. The molecule has 0 saturated heterocycles. The SMILES string of the molecule is NC(=O)c1cc(-c2csc(NC(=O)CCSc3ccccc3Br)n2)c[nH]1. The van der Waals surface area contributed by atoms with Gasteiger partial charge in [-0.2, -0.15) is 0 Å². The Morgan fingerprint density at radius 3 is 2.88 bits per heavy atom. The third kappa shape index (κ3) is 4.75. The Kier molecular flexibility index (Phi) is 6.12. The van der Waals surface area contributed by atoms with Gasteiger partial charge in [0.2, 0.25) is 5.91 Å². The molecule has 0 radical (unpaired) electrons. The lowest BCUT2D eigenvalue weighted by molar-refractivity contribution is -0.115. The van der Waals surface area contributed by atoms with Gasteiger partial charge in [-0.25, -0.2) is 4.98 Å². The first kappa shape index (κ1) is 18.7. The van der Waals surface area contributed by atoms with E-state index in [1.807, 2.05) is 29.6 Å². The Morgan fingerprint density at radius 1 is 1.35 bits per heavy atom. The molecule has 26 heavy (non-hydrogen) atoms. The number of primary amides is 1. The highest BCUT2D eigenvalue weighted by molar-refractivity contribution is 9.10. The lowest BCUT2D eigenvalue weighted by Gasteiger charge is -2.04. The fourth-order valence-corrected chi connectivity index (χ4v) is 4.40. The summed E-state index contributed by atoms with van der Waals surface area (Å²) in [5.74, 6) is 0.0619. The molecule has 2 aromatic heterocycles. The summed E-state index contributed by atoms with van der Waals surface area (Å²) in [7, 11) is 0. The van der Waals surface area contributed by atoms with Crippen LogP contribution in [-0.2, 0) is 4.79 Å². The number of hydrogen-bond acceptors (Lipinski definition) is 5. The zero-order valence-corrected chi connectivity index (χ0v) is 16.7. The van der Waals surface area contributed by atoms with Crippen molar-refractivity contribution in [1.29, 1.82) is 0 Å². The quantitative estimate of drug-likeness (QED) is 0.471. The summed E-state index contributed by atoms with van der Waals surface area (Å²) < 4.78 is 1.02. The van der Waals surface area contributed by atoms with Gasteiger partial charge in [-0.05, 0) is 34.1 Å². The topological polar surface area (TPSA) is 101 Å². The van der Waals surface area contributed by atoms with Crippen LogP contribution in [0.2, 0.25) is 0 Å². The molecule has 0 fully saturated rings. The maximum absolute atomic E-state index is 12.1. The standard InChI is InChI=1S/C17H15BrN4O2S2/c18-11-3-1-2-4-14(11)25-6-5-15(23)22-17-21-13(9-26-17)10-7-12(16(19)24)20-8-10/h1-4,7-9,20H,5-6H2,(H2,19,24)(H,21,22,23). The van der Waals surface area contributed by atoms with Crippen molar-refractivity contribution in [3.05, 3.63) is 52.1 Å². The number of aromatic amines is 1. The van der Waals surface area contributed by atoms with E-state index >= 15 is 0 Å². The molecule has 2 amide bonds. The number of nitrogens with zero attached hydrogens (tertiary/aromatic N) is 1. The molecule has 0 aliphatic rings. The van der Waals surface area contributed by atoms with Crippen molar-refractivity contribution in [2.45, 2.75) is 11.3 Å². The van der Waals surface area contributed by atoms with Crippen molar-refractivity contribution in [3.8, 4) is 11.3 Å².